The number of hydrogen-bond acceptors (Lipinski definition) is 1. The summed E-state index contributed by atoms with van der Waals surface area (Å²) in [7, 11) is 0. The highest BCUT2D eigenvalue weighted by molar-refractivity contribution is 5.30. The summed E-state index contributed by atoms with van der Waals surface area (Å²) in [6.07, 6.45) is 10.9. The third kappa shape index (κ3) is 5.93. The summed E-state index contributed by atoms with van der Waals surface area (Å²) in [5.74, 6) is 0.561. The van der Waals surface area contributed by atoms with Gasteiger partial charge >= 0.3 is 0 Å². The number of hydrogen-bond donors (Lipinski definition) is 1. The molecule has 1 fully saturated rings. The molecule has 0 unspecified atom stereocenters. The first-order chi connectivity index (χ1) is 10.5. The maximum absolute atomic E-state index is 9.87. The molecule has 0 amide bonds. The molecule has 0 aromatic heterocycles. The van der Waals surface area contributed by atoms with E-state index < -0.39 is 0 Å². The van der Waals surface area contributed by atoms with Gasteiger partial charge in [0.2, 0.25) is 0 Å². The quantitative estimate of drug-likeness (QED) is 0.696. The molecule has 0 saturated heterocycles. The van der Waals surface area contributed by atoms with Crippen molar-refractivity contribution in [3.63, 3.8) is 0 Å². The summed E-state index contributed by atoms with van der Waals surface area (Å²) in [4.78, 5) is 0. The van der Waals surface area contributed by atoms with Gasteiger partial charge in [0.15, 0.2) is 0 Å². The maximum Gasteiger partial charge on any atom is 0.0546 e. The SMILES string of the molecule is CCCCCCC(C)(C)c1ccc([C@H]2CCC[C@@H](O)C2)cc1.O. The van der Waals surface area contributed by atoms with Crippen molar-refractivity contribution in [3.8, 4) is 0 Å². The molecule has 0 aliphatic heterocycles. The van der Waals surface area contributed by atoms with Crippen LogP contribution in [0, 0.1) is 0 Å². The fourth-order valence-corrected chi connectivity index (χ4v) is 3.81. The van der Waals surface area contributed by atoms with Gasteiger partial charge in [-0.2, -0.15) is 0 Å². The molecular weight excluding hydrogens is 284 g/mol. The zero-order valence-corrected chi connectivity index (χ0v) is 15.3. The lowest BCUT2D eigenvalue weighted by atomic mass is 9.78. The van der Waals surface area contributed by atoms with Crippen LogP contribution in [0.5, 0.6) is 0 Å². The highest BCUT2D eigenvalue weighted by Gasteiger charge is 2.23. The van der Waals surface area contributed by atoms with Crippen molar-refractivity contribution >= 4 is 0 Å². The number of benzene rings is 1. The first-order valence-electron chi connectivity index (χ1n) is 9.31. The lowest BCUT2D eigenvalue weighted by Crippen LogP contribution is -2.19. The van der Waals surface area contributed by atoms with Gasteiger partial charge in [-0.1, -0.05) is 77.1 Å². The van der Waals surface area contributed by atoms with Crippen LogP contribution in [-0.4, -0.2) is 16.7 Å². The van der Waals surface area contributed by atoms with Crippen molar-refractivity contribution in [1.29, 1.82) is 0 Å². The molecule has 1 aromatic carbocycles. The van der Waals surface area contributed by atoms with Gasteiger partial charge in [-0.15, -0.1) is 0 Å². The summed E-state index contributed by atoms with van der Waals surface area (Å²) in [5, 5.41) is 9.87. The fourth-order valence-electron chi connectivity index (χ4n) is 3.81. The molecular formula is C21H36O2. The van der Waals surface area contributed by atoms with E-state index in [1.165, 1.54) is 49.7 Å². The minimum Gasteiger partial charge on any atom is -0.412 e. The van der Waals surface area contributed by atoms with E-state index in [1.54, 1.807) is 0 Å². The molecule has 0 spiro atoms. The van der Waals surface area contributed by atoms with E-state index in [0.717, 1.165) is 19.3 Å². The molecule has 132 valence electrons. The molecule has 23 heavy (non-hydrogen) atoms. The van der Waals surface area contributed by atoms with Crippen LogP contribution in [0.3, 0.4) is 0 Å². The number of aliphatic hydroxyl groups excluding tert-OH is 1. The van der Waals surface area contributed by atoms with Crippen molar-refractivity contribution in [2.45, 2.75) is 96.0 Å². The van der Waals surface area contributed by atoms with Crippen LogP contribution >= 0.6 is 0 Å². The van der Waals surface area contributed by atoms with Crippen molar-refractivity contribution < 1.29 is 10.6 Å². The normalized spacial score (nSPS) is 21.7. The Balaban J connectivity index is 0.00000264. The summed E-state index contributed by atoms with van der Waals surface area (Å²) in [6.45, 7) is 7.02. The van der Waals surface area contributed by atoms with E-state index in [0.29, 0.717) is 5.92 Å². The zero-order chi connectivity index (χ0) is 16.0. The molecule has 2 nitrogen and oxygen atoms in total. The second kappa shape index (κ2) is 9.44. The summed E-state index contributed by atoms with van der Waals surface area (Å²) >= 11 is 0. The van der Waals surface area contributed by atoms with E-state index in [1.807, 2.05) is 0 Å². The number of unbranched alkanes of at least 4 members (excludes halogenated alkanes) is 3. The third-order valence-electron chi connectivity index (χ3n) is 5.47. The first kappa shape index (κ1) is 20.2. The monoisotopic (exact) mass is 320 g/mol. The molecule has 2 heteroatoms. The summed E-state index contributed by atoms with van der Waals surface area (Å²) < 4.78 is 0. The maximum atomic E-state index is 9.87. The van der Waals surface area contributed by atoms with Gasteiger partial charge in [0, 0.05) is 0 Å². The second-order valence-corrected chi connectivity index (χ2v) is 7.83. The summed E-state index contributed by atoms with van der Waals surface area (Å²) in [6, 6.07) is 9.28. The van der Waals surface area contributed by atoms with Crippen LogP contribution in [0.15, 0.2) is 24.3 Å². The number of rotatable bonds is 7. The van der Waals surface area contributed by atoms with Gasteiger partial charge < -0.3 is 10.6 Å². The van der Waals surface area contributed by atoms with Gasteiger partial charge in [-0.25, -0.2) is 0 Å². The Morgan fingerprint density at radius 2 is 1.74 bits per heavy atom. The minimum atomic E-state index is -0.0894. The van der Waals surface area contributed by atoms with E-state index in [4.69, 9.17) is 0 Å². The number of aliphatic hydroxyl groups is 1. The molecule has 1 aromatic rings. The van der Waals surface area contributed by atoms with Gasteiger partial charge in [0.05, 0.1) is 6.10 Å². The molecule has 0 heterocycles. The molecule has 1 aliphatic rings. The Hall–Kier alpha value is -0.860. The Morgan fingerprint density at radius 3 is 2.35 bits per heavy atom. The van der Waals surface area contributed by atoms with E-state index in [-0.39, 0.29) is 17.0 Å². The second-order valence-electron chi connectivity index (χ2n) is 7.83. The lowest BCUT2D eigenvalue weighted by molar-refractivity contribution is 0.119. The van der Waals surface area contributed by atoms with Crippen LogP contribution in [0.4, 0.5) is 0 Å². The largest absolute Gasteiger partial charge is 0.412 e. The Labute approximate surface area is 142 Å². The highest BCUT2D eigenvalue weighted by atomic mass is 16.3. The van der Waals surface area contributed by atoms with Crippen LogP contribution < -0.4 is 0 Å². The molecule has 3 N–H and O–H groups in total. The molecule has 0 radical (unpaired) electrons. The average Bonchev–Trinajstić information content (AvgIpc) is 2.52. The Morgan fingerprint density at radius 1 is 1.04 bits per heavy atom. The predicted molar refractivity (Wildman–Crippen MR) is 99.1 cm³/mol. The van der Waals surface area contributed by atoms with Gasteiger partial charge in [0.25, 0.3) is 0 Å². The molecule has 1 saturated carbocycles. The van der Waals surface area contributed by atoms with Crippen LogP contribution in [0.2, 0.25) is 0 Å². The van der Waals surface area contributed by atoms with Crippen molar-refractivity contribution in [2.75, 3.05) is 0 Å². The van der Waals surface area contributed by atoms with Crippen LogP contribution in [0.1, 0.15) is 95.6 Å². The van der Waals surface area contributed by atoms with Crippen LogP contribution in [0.25, 0.3) is 0 Å². The third-order valence-corrected chi connectivity index (χ3v) is 5.47. The summed E-state index contributed by atoms with van der Waals surface area (Å²) in [5.41, 5.74) is 3.16. The van der Waals surface area contributed by atoms with Gasteiger partial charge in [0.1, 0.15) is 0 Å². The highest BCUT2D eigenvalue weighted by Crippen LogP contribution is 2.35. The van der Waals surface area contributed by atoms with Crippen molar-refractivity contribution in [2.24, 2.45) is 0 Å². The zero-order valence-electron chi connectivity index (χ0n) is 15.3. The van der Waals surface area contributed by atoms with Crippen molar-refractivity contribution in [1.82, 2.24) is 0 Å². The smallest absolute Gasteiger partial charge is 0.0546 e. The van der Waals surface area contributed by atoms with E-state index in [2.05, 4.69) is 45.0 Å². The van der Waals surface area contributed by atoms with E-state index in [9.17, 15) is 5.11 Å². The van der Waals surface area contributed by atoms with Crippen LogP contribution in [-0.2, 0) is 5.41 Å². The molecule has 2 atom stereocenters. The molecule has 0 bridgehead atoms. The minimum absolute atomic E-state index is 0. The Bertz CT molecular complexity index is 436. The predicted octanol–water partition coefficient (Wildman–Crippen LogP) is 5.13. The average molecular weight is 321 g/mol. The van der Waals surface area contributed by atoms with Gasteiger partial charge in [-0.05, 0) is 48.1 Å². The lowest BCUT2D eigenvalue weighted by Gasteiger charge is -2.28. The Kier molecular flexibility index (Phi) is 8.28. The standard InChI is InChI=1S/C21H34O.H2O/c1-4-5-6-7-15-21(2,3)19-13-11-17(12-14-19)18-9-8-10-20(22)16-18;/h11-14,18,20,22H,4-10,15-16H2,1-3H3;1H2/t18-,20+;/m0./s1. The topological polar surface area (TPSA) is 51.7 Å². The molecule has 2 rings (SSSR count). The fraction of sp³-hybridized carbons (Fsp3) is 0.714. The van der Waals surface area contributed by atoms with Crippen molar-refractivity contribution in [3.05, 3.63) is 35.4 Å². The first-order valence-corrected chi connectivity index (χ1v) is 9.31. The van der Waals surface area contributed by atoms with Gasteiger partial charge in [-0.3, -0.25) is 0 Å². The van der Waals surface area contributed by atoms with E-state index >= 15 is 0 Å². The molecule has 1 aliphatic carbocycles.